The molecule has 4 aromatic rings. The van der Waals surface area contributed by atoms with Gasteiger partial charge in [0.15, 0.2) is 0 Å². The van der Waals surface area contributed by atoms with Crippen LogP contribution in [0.2, 0.25) is 15.1 Å². The highest BCUT2D eigenvalue weighted by molar-refractivity contribution is 6.39. The second kappa shape index (κ2) is 10.6. The molecule has 34 heavy (non-hydrogen) atoms. The van der Waals surface area contributed by atoms with Gasteiger partial charge in [-0.2, -0.15) is 0 Å². The van der Waals surface area contributed by atoms with Gasteiger partial charge >= 0.3 is 0 Å². The van der Waals surface area contributed by atoms with Gasteiger partial charge in [-0.1, -0.05) is 84.2 Å². The molecular weight excluding hydrogens is 491 g/mol. The summed E-state index contributed by atoms with van der Waals surface area (Å²) in [7, 11) is 0. The maximum Gasteiger partial charge on any atom is 0.146 e. The summed E-state index contributed by atoms with van der Waals surface area (Å²) in [4.78, 5) is 0. The molecule has 0 spiro atoms. The molecule has 0 amide bonds. The molecule has 0 radical (unpaired) electrons. The molecule has 3 aromatic carbocycles. The van der Waals surface area contributed by atoms with Crippen LogP contribution in [-0.4, -0.2) is 5.16 Å². The van der Waals surface area contributed by atoms with E-state index >= 15 is 0 Å². The number of hydrogen-bond donors (Lipinski definition) is 1. The molecule has 0 atom stereocenters. The third-order valence-corrected chi connectivity index (χ3v) is 6.22. The summed E-state index contributed by atoms with van der Waals surface area (Å²) in [5.74, 6) is 1.45. The van der Waals surface area contributed by atoms with E-state index in [4.69, 9.17) is 49.8 Å². The number of ether oxygens (including phenoxy) is 1. The van der Waals surface area contributed by atoms with Crippen molar-refractivity contribution in [2.45, 2.75) is 26.4 Å². The number of nitrogens with two attached hydrogens (primary N) is 1. The third-order valence-electron chi connectivity index (χ3n) is 5.26. The molecule has 4 rings (SSSR count). The maximum atomic E-state index is 6.52. The molecule has 0 aliphatic heterocycles. The highest BCUT2D eigenvalue weighted by Gasteiger charge is 2.23. The Morgan fingerprint density at radius 2 is 1.68 bits per heavy atom. The van der Waals surface area contributed by atoms with E-state index in [-0.39, 0.29) is 12.5 Å². The van der Waals surface area contributed by atoms with E-state index in [2.05, 4.69) is 5.16 Å². The minimum atomic E-state index is 0.101. The third kappa shape index (κ3) is 5.41. The first kappa shape index (κ1) is 24.2. The number of benzene rings is 3. The second-order valence-corrected chi connectivity index (χ2v) is 9.32. The summed E-state index contributed by atoms with van der Waals surface area (Å²) >= 11 is 19.4. The first-order valence-electron chi connectivity index (χ1n) is 10.7. The molecule has 0 saturated heterocycles. The molecule has 0 unspecified atom stereocenters. The van der Waals surface area contributed by atoms with E-state index in [1.807, 2.05) is 62.4 Å². The Bertz CT molecular complexity index is 1330. The molecular formula is C27H23Cl3N2O2. The summed E-state index contributed by atoms with van der Waals surface area (Å²) < 4.78 is 11.7. The Balaban J connectivity index is 1.57. The summed E-state index contributed by atoms with van der Waals surface area (Å²) in [5.41, 5.74) is 10.4. The van der Waals surface area contributed by atoms with Crippen molar-refractivity contribution in [2.75, 3.05) is 5.73 Å². The Morgan fingerprint density at radius 1 is 0.941 bits per heavy atom. The van der Waals surface area contributed by atoms with Crippen molar-refractivity contribution in [3.8, 4) is 17.0 Å². The number of rotatable bonds is 7. The van der Waals surface area contributed by atoms with Crippen LogP contribution in [0.5, 0.6) is 5.75 Å². The molecule has 0 aliphatic rings. The van der Waals surface area contributed by atoms with Gasteiger partial charge in [0.25, 0.3) is 0 Å². The lowest BCUT2D eigenvalue weighted by atomic mass is 10.0. The largest absolute Gasteiger partial charge is 0.489 e. The highest BCUT2D eigenvalue weighted by Crippen LogP contribution is 2.39. The van der Waals surface area contributed by atoms with Crippen LogP contribution in [0.25, 0.3) is 23.4 Å². The van der Waals surface area contributed by atoms with Crippen molar-refractivity contribution in [1.29, 1.82) is 0 Å². The molecule has 0 fully saturated rings. The average Bonchev–Trinajstić information content (AvgIpc) is 3.21. The standard InChI is InChI=1S/C27H23Cl3N2O2/c1-16(2)27-21(26(32-34-27)25-22(28)7-4-8-23(25)29)15-33-20-12-11-18(24(30)14-20)10-9-17-5-3-6-19(31)13-17/h3-14,16H,15,31H2,1-2H3/b10-9+. The normalized spacial score (nSPS) is 11.5. The van der Waals surface area contributed by atoms with Crippen LogP contribution >= 0.6 is 34.8 Å². The molecule has 7 heteroatoms. The molecule has 0 aliphatic carbocycles. The summed E-state index contributed by atoms with van der Waals surface area (Å²) in [5, 5.41) is 5.83. The summed E-state index contributed by atoms with van der Waals surface area (Å²) in [6.07, 6.45) is 3.90. The number of nitrogen functional groups attached to an aromatic ring is 1. The number of nitrogens with zero attached hydrogens (tertiary/aromatic N) is 1. The van der Waals surface area contributed by atoms with Crippen molar-refractivity contribution >= 4 is 52.6 Å². The lowest BCUT2D eigenvalue weighted by molar-refractivity contribution is 0.298. The van der Waals surface area contributed by atoms with E-state index in [0.29, 0.717) is 37.8 Å². The number of anilines is 1. The van der Waals surface area contributed by atoms with Gasteiger partial charge in [-0.05, 0) is 53.6 Å². The summed E-state index contributed by atoms with van der Waals surface area (Å²) in [6, 6.07) is 18.5. The van der Waals surface area contributed by atoms with Crippen LogP contribution in [0.4, 0.5) is 5.69 Å². The SMILES string of the molecule is CC(C)c1onc(-c2c(Cl)cccc2Cl)c1COc1ccc(/C=C/c2cccc(N)c2)c(Cl)c1. The van der Waals surface area contributed by atoms with E-state index in [1.54, 1.807) is 24.3 Å². The van der Waals surface area contributed by atoms with Crippen molar-refractivity contribution in [3.63, 3.8) is 0 Å². The molecule has 1 heterocycles. The average molecular weight is 514 g/mol. The molecule has 0 bridgehead atoms. The van der Waals surface area contributed by atoms with Crippen LogP contribution in [0.1, 0.15) is 42.2 Å². The predicted molar refractivity (Wildman–Crippen MR) is 142 cm³/mol. The van der Waals surface area contributed by atoms with E-state index < -0.39 is 0 Å². The summed E-state index contributed by atoms with van der Waals surface area (Å²) in [6.45, 7) is 4.28. The first-order chi connectivity index (χ1) is 16.3. The second-order valence-electron chi connectivity index (χ2n) is 8.10. The van der Waals surface area contributed by atoms with Crippen molar-refractivity contribution in [2.24, 2.45) is 0 Å². The van der Waals surface area contributed by atoms with Crippen molar-refractivity contribution in [1.82, 2.24) is 5.16 Å². The van der Waals surface area contributed by atoms with Crippen LogP contribution in [0.15, 0.2) is 65.2 Å². The Kier molecular flexibility index (Phi) is 7.52. The number of aromatic nitrogens is 1. The van der Waals surface area contributed by atoms with Gasteiger partial charge < -0.3 is 15.0 Å². The zero-order chi connectivity index (χ0) is 24.2. The Labute approximate surface area is 213 Å². The monoisotopic (exact) mass is 512 g/mol. The highest BCUT2D eigenvalue weighted by atomic mass is 35.5. The fourth-order valence-electron chi connectivity index (χ4n) is 3.57. The quantitative estimate of drug-likeness (QED) is 0.198. The zero-order valence-electron chi connectivity index (χ0n) is 18.7. The van der Waals surface area contributed by atoms with Crippen LogP contribution in [0.3, 0.4) is 0 Å². The minimum absolute atomic E-state index is 0.101. The van der Waals surface area contributed by atoms with Crippen LogP contribution < -0.4 is 10.5 Å². The van der Waals surface area contributed by atoms with Gasteiger partial charge in [-0.3, -0.25) is 0 Å². The lowest BCUT2D eigenvalue weighted by Crippen LogP contribution is -2.01. The van der Waals surface area contributed by atoms with Gasteiger partial charge in [0.05, 0.1) is 20.6 Å². The molecule has 0 saturated carbocycles. The van der Waals surface area contributed by atoms with Crippen LogP contribution in [-0.2, 0) is 6.61 Å². The fourth-order valence-corrected chi connectivity index (χ4v) is 4.38. The van der Waals surface area contributed by atoms with Gasteiger partial charge in [0, 0.05) is 17.2 Å². The maximum absolute atomic E-state index is 6.52. The van der Waals surface area contributed by atoms with E-state index in [9.17, 15) is 0 Å². The zero-order valence-corrected chi connectivity index (χ0v) is 21.0. The minimum Gasteiger partial charge on any atom is -0.489 e. The number of hydrogen-bond acceptors (Lipinski definition) is 4. The predicted octanol–water partition coefficient (Wildman–Crippen LogP) is 8.76. The Hall–Kier alpha value is -2.92. The van der Waals surface area contributed by atoms with E-state index in [1.165, 1.54) is 0 Å². The van der Waals surface area contributed by atoms with Gasteiger partial charge in [-0.25, -0.2) is 0 Å². The smallest absolute Gasteiger partial charge is 0.146 e. The fraction of sp³-hybridized carbons (Fsp3) is 0.148. The van der Waals surface area contributed by atoms with E-state index in [0.717, 1.165) is 22.5 Å². The van der Waals surface area contributed by atoms with Crippen molar-refractivity contribution in [3.05, 3.63) is 98.2 Å². The first-order valence-corrected chi connectivity index (χ1v) is 11.9. The number of halogens is 3. The Morgan fingerprint density at radius 3 is 2.35 bits per heavy atom. The van der Waals surface area contributed by atoms with Gasteiger partial charge in [-0.15, -0.1) is 0 Å². The van der Waals surface area contributed by atoms with Crippen molar-refractivity contribution < 1.29 is 9.26 Å². The topological polar surface area (TPSA) is 61.3 Å². The van der Waals surface area contributed by atoms with Gasteiger partial charge in [0.2, 0.25) is 0 Å². The lowest BCUT2D eigenvalue weighted by Gasteiger charge is -2.11. The molecule has 1 aromatic heterocycles. The molecule has 174 valence electrons. The van der Waals surface area contributed by atoms with Crippen LogP contribution in [0, 0.1) is 0 Å². The molecule has 2 N–H and O–H groups in total. The van der Waals surface area contributed by atoms with Gasteiger partial charge in [0.1, 0.15) is 23.8 Å². The molecule has 4 nitrogen and oxygen atoms in total.